The Bertz CT molecular complexity index is 748. The van der Waals surface area contributed by atoms with E-state index in [2.05, 4.69) is 20.4 Å². The van der Waals surface area contributed by atoms with Gasteiger partial charge in [-0.2, -0.15) is 0 Å². The molecule has 3 atom stereocenters. The fourth-order valence-electron chi connectivity index (χ4n) is 3.91. The van der Waals surface area contributed by atoms with Crippen LogP contribution in [0.2, 0.25) is 0 Å². The highest BCUT2D eigenvalue weighted by Gasteiger charge is 2.41. The maximum atomic E-state index is 12.4. The number of ether oxygens (including phenoxy) is 1. The molecule has 2 aliphatic rings. The predicted molar refractivity (Wildman–Crippen MR) is 94.0 cm³/mol. The molecule has 2 aromatic heterocycles. The number of nitrogens with zero attached hydrogens (tertiary/aromatic N) is 3. The Kier molecular flexibility index (Phi) is 4.99. The second-order valence-electron chi connectivity index (χ2n) is 7.08. The number of carbonyl (C=O) groups is 1. The molecule has 2 fully saturated rings. The van der Waals surface area contributed by atoms with E-state index < -0.39 is 0 Å². The van der Waals surface area contributed by atoms with Crippen molar-refractivity contribution in [3.8, 4) is 0 Å². The van der Waals surface area contributed by atoms with Crippen LogP contribution < -0.4 is 5.32 Å². The molecule has 138 valence electrons. The van der Waals surface area contributed by atoms with E-state index in [1.54, 1.807) is 12.4 Å². The summed E-state index contributed by atoms with van der Waals surface area (Å²) >= 11 is 0. The van der Waals surface area contributed by atoms with Gasteiger partial charge >= 0.3 is 0 Å². The van der Waals surface area contributed by atoms with Gasteiger partial charge < -0.3 is 14.6 Å². The Hall–Kier alpha value is -2.25. The normalized spacial score (nSPS) is 25.8. The van der Waals surface area contributed by atoms with Crippen molar-refractivity contribution in [1.29, 1.82) is 0 Å². The molecular formula is C19H24N4O3. The summed E-state index contributed by atoms with van der Waals surface area (Å²) in [4.78, 5) is 18.9. The van der Waals surface area contributed by atoms with Crippen LogP contribution in [-0.4, -0.2) is 45.7 Å². The van der Waals surface area contributed by atoms with E-state index in [1.807, 2.05) is 25.1 Å². The number of fused-ring (bicyclic) bond motifs is 1. The van der Waals surface area contributed by atoms with Crippen LogP contribution in [0.3, 0.4) is 0 Å². The van der Waals surface area contributed by atoms with Gasteiger partial charge in [0.15, 0.2) is 0 Å². The summed E-state index contributed by atoms with van der Waals surface area (Å²) in [5.41, 5.74) is 1.95. The number of hydrogen-bond acceptors (Lipinski definition) is 6. The third-order valence-corrected chi connectivity index (χ3v) is 5.19. The Morgan fingerprint density at radius 1 is 1.38 bits per heavy atom. The first-order valence-electron chi connectivity index (χ1n) is 9.17. The molecule has 26 heavy (non-hydrogen) atoms. The molecule has 4 rings (SSSR count). The minimum atomic E-state index is -0.359. The fraction of sp³-hybridized carbons (Fsp3) is 0.526. The molecule has 2 aromatic rings. The second kappa shape index (κ2) is 7.55. The van der Waals surface area contributed by atoms with Gasteiger partial charge in [0.1, 0.15) is 11.9 Å². The van der Waals surface area contributed by atoms with Crippen LogP contribution in [0.4, 0.5) is 0 Å². The van der Waals surface area contributed by atoms with Gasteiger partial charge in [-0.25, -0.2) is 0 Å². The van der Waals surface area contributed by atoms with Crippen molar-refractivity contribution in [3.05, 3.63) is 47.6 Å². The fourth-order valence-corrected chi connectivity index (χ4v) is 3.91. The van der Waals surface area contributed by atoms with Crippen LogP contribution in [0.15, 0.2) is 35.1 Å². The third kappa shape index (κ3) is 3.78. The molecule has 7 nitrogen and oxygen atoms in total. The summed E-state index contributed by atoms with van der Waals surface area (Å²) in [5, 5.41) is 7.05. The summed E-state index contributed by atoms with van der Waals surface area (Å²) in [6, 6.07) is 6.15. The predicted octanol–water partition coefficient (Wildman–Crippen LogP) is 1.82. The molecule has 0 spiro atoms. The maximum absolute atomic E-state index is 12.4. The van der Waals surface area contributed by atoms with Crippen LogP contribution in [0.25, 0.3) is 0 Å². The SMILES string of the molecule is Cc1cc(CN2CC[C@@H]3O[C@@H](C(=O)NCc4cccnc4)CC[C@@H]32)no1. The van der Waals surface area contributed by atoms with Crippen molar-refractivity contribution in [3.63, 3.8) is 0 Å². The lowest BCUT2D eigenvalue weighted by Crippen LogP contribution is -2.47. The molecule has 1 N–H and O–H groups in total. The van der Waals surface area contributed by atoms with Gasteiger partial charge in [-0.05, 0) is 37.8 Å². The number of aromatic nitrogens is 2. The first-order valence-corrected chi connectivity index (χ1v) is 9.17. The van der Waals surface area contributed by atoms with E-state index in [9.17, 15) is 4.79 Å². The smallest absolute Gasteiger partial charge is 0.249 e. The summed E-state index contributed by atoms with van der Waals surface area (Å²) in [6.45, 7) is 4.13. The molecule has 0 aromatic carbocycles. The molecule has 7 heteroatoms. The molecule has 0 unspecified atom stereocenters. The second-order valence-corrected chi connectivity index (χ2v) is 7.08. The minimum Gasteiger partial charge on any atom is -0.363 e. The molecule has 4 heterocycles. The number of rotatable bonds is 5. The molecule has 0 bridgehead atoms. The van der Waals surface area contributed by atoms with E-state index in [4.69, 9.17) is 9.26 Å². The molecule has 0 saturated carbocycles. The van der Waals surface area contributed by atoms with E-state index in [0.717, 1.165) is 49.4 Å². The van der Waals surface area contributed by atoms with Gasteiger partial charge in [-0.3, -0.25) is 14.7 Å². The Labute approximate surface area is 152 Å². The number of likely N-dealkylation sites (tertiary alicyclic amines) is 1. The molecule has 1 amide bonds. The largest absolute Gasteiger partial charge is 0.363 e. The minimum absolute atomic E-state index is 0.0297. The average molecular weight is 356 g/mol. The maximum Gasteiger partial charge on any atom is 0.249 e. The highest BCUT2D eigenvalue weighted by molar-refractivity contribution is 5.80. The van der Waals surface area contributed by atoms with Gasteiger partial charge in [0.25, 0.3) is 0 Å². The van der Waals surface area contributed by atoms with Crippen molar-refractivity contribution in [1.82, 2.24) is 20.4 Å². The van der Waals surface area contributed by atoms with Crippen LogP contribution in [-0.2, 0) is 22.6 Å². The summed E-state index contributed by atoms with van der Waals surface area (Å²) in [7, 11) is 0. The highest BCUT2D eigenvalue weighted by Crippen LogP contribution is 2.32. The lowest BCUT2D eigenvalue weighted by molar-refractivity contribution is -0.144. The average Bonchev–Trinajstić information content (AvgIpc) is 3.26. The number of hydrogen-bond donors (Lipinski definition) is 1. The van der Waals surface area contributed by atoms with Crippen molar-refractivity contribution in [2.24, 2.45) is 0 Å². The number of carbonyl (C=O) groups excluding carboxylic acids is 1. The number of amides is 1. The van der Waals surface area contributed by atoms with Gasteiger partial charge in [0.05, 0.1) is 11.8 Å². The third-order valence-electron chi connectivity index (χ3n) is 5.19. The van der Waals surface area contributed by atoms with E-state index in [-0.39, 0.29) is 18.1 Å². The van der Waals surface area contributed by atoms with Gasteiger partial charge in [-0.1, -0.05) is 11.2 Å². The molecular weight excluding hydrogens is 332 g/mol. The summed E-state index contributed by atoms with van der Waals surface area (Å²) in [6.07, 6.45) is 5.91. The zero-order valence-corrected chi connectivity index (χ0v) is 14.9. The van der Waals surface area contributed by atoms with Gasteiger partial charge in [0.2, 0.25) is 5.91 Å². The van der Waals surface area contributed by atoms with Gasteiger partial charge in [-0.15, -0.1) is 0 Å². The van der Waals surface area contributed by atoms with Crippen LogP contribution in [0.5, 0.6) is 0 Å². The first-order chi connectivity index (χ1) is 12.7. The van der Waals surface area contributed by atoms with E-state index in [0.29, 0.717) is 12.6 Å². The van der Waals surface area contributed by atoms with Crippen LogP contribution >= 0.6 is 0 Å². The number of pyridine rings is 1. The molecule has 0 aliphatic carbocycles. The molecule has 0 radical (unpaired) electrons. The zero-order valence-electron chi connectivity index (χ0n) is 14.9. The summed E-state index contributed by atoms with van der Waals surface area (Å²) < 4.78 is 11.3. The van der Waals surface area contributed by atoms with E-state index >= 15 is 0 Å². The molecule has 2 saturated heterocycles. The van der Waals surface area contributed by atoms with E-state index in [1.165, 1.54) is 0 Å². The quantitative estimate of drug-likeness (QED) is 0.880. The van der Waals surface area contributed by atoms with Crippen LogP contribution in [0, 0.1) is 6.92 Å². The van der Waals surface area contributed by atoms with Crippen molar-refractivity contribution in [2.75, 3.05) is 6.54 Å². The molecule has 2 aliphatic heterocycles. The Balaban J connectivity index is 1.29. The highest BCUT2D eigenvalue weighted by atomic mass is 16.5. The Morgan fingerprint density at radius 3 is 3.08 bits per heavy atom. The Morgan fingerprint density at radius 2 is 2.31 bits per heavy atom. The number of nitrogens with one attached hydrogen (secondary N) is 1. The number of aryl methyl sites for hydroxylation is 1. The lowest BCUT2D eigenvalue weighted by Gasteiger charge is -2.35. The topological polar surface area (TPSA) is 80.5 Å². The standard InChI is InChI=1S/C19H24N4O3/c1-13-9-15(22-26-13)12-23-8-6-17-16(23)4-5-18(25-17)19(24)21-11-14-3-2-7-20-10-14/h2-3,7,9-10,16-18H,4-6,8,11-12H2,1H3,(H,21,24)/t16-,17-,18+/m0/s1. The summed E-state index contributed by atoms with van der Waals surface area (Å²) in [5.74, 6) is 0.805. The van der Waals surface area contributed by atoms with Crippen molar-refractivity contribution >= 4 is 5.91 Å². The lowest BCUT2D eigenvalue weighted by atomic mass is 9.98. The zero-order chi connectivity index (χ0) is 17.9. The van der Waals surface area contributed by atoms with Gasteiger partial charge in [0, 0.05) is 44.1 Å². The first kappa shape index (κ1) is 17.2. The van der Waals surface area contributed by atoms with Crippen molar-refractivity contribution < 1.29 is 14.1 Å². The van der Waals surface area contributed by atoms with Crippen LogP contribution in [0.1, 0.15) is 36.3 Å². The van der Waals surface area contributed by atoms with Crippen molar-refractivity contribution in [2.45, 2.75) is 57.5 Å². The monoisotopic (exact) mass is 356 g/mol.